The Kier molecular flexibility index (Phi) is 3.09. The molecule has 1 heterocycles. The summed E-state index contributed by atoms with van der Waals surface area (Å²) in [7, 11) is 0. The fourth-order valence-corrected chi connectivity index (χ4v) is 5.21. The van der Waals surface area contributed by atoms with Gasteiger partial charge in [0.1, 0.15) is 0 Å². The van der Waals surface area contributed by atoms with Crippen molar-refractivity contribution in [2.24, 2.45) is 17.8 Å². The molecule has 0 saturated heterocycles. The lowest BCUT2D eigenvalue weighted by molar-refractivity contribution is -0.122. The molecule has 5 rings (SSSR count). The standard InChI is InChI=1S/C18H22N2O/c21-17(2-1-13-3-5-19-6-4-13)20-18-10-14-7-15(11-18)9-16(8-14)12-18/h1-6,14-16H,7-12H2,(H,20,21)/b2-1+. The van der Waals surface area contributed by atoms with Gasteiger partial charge >= 0.3 is 0 Å². The summed E-state index contributed by atoms with van der Waals surface area (Å²) in [6.45, 7) is 0. The Morgan fingerprint density at radius 1 is 1.10 bits per heavy atom. The van der Waals surface area contributed by atoms with Crippen LogP contribution >= 0.6 is 0 Å². The molecule has 0 unspecified atom stereocenters. The monoisotopic (exact) mass is 282 g/mol. The van der Waals surface area contributed by atoms with E-state index in [1.165, 1.54) is 38.5 Å². The molecule has 4 aliphatic carbocycles. The molecule has 1 amide bonds. The van der Waals surface area contributed by atoms with Crippen LogP contribution in [0.5, 0.6) is 0 Å². The molecule has 0 spiro atoms. The number of nitrogens with zero attached hydrogens (tertiary/aromatic N) is 1. The van der Waals surface area contributed by atoms with Gasteiger partial charge in [-0.3, -0.25) is 9.78 Å². The van der Waals surface area contributed by atoms with Crippen molar-refractivity contribution in [2.45, 2.75) is 44.1 Å². The fourth-order valence-electron chi connectivity index (χ4n) is 5.21. The van der Waals surface area contributed by atoms with Gasteiger partial charge in [0.2, 0.25) is 5.91 Å². The molecular formula is C18H22N2O. The molecule has 0 aromatic carbocycles. The Labute approximate surface area is 125 Å². The van der Waals surface area contributed by atoms with Crippen molar-refractivity contribution in [1.82, 2.24) is 10.3 Å². The number of pyridine rings is 1. The normalized spacial score (nSPS) is 37.0. The Morgan fingerprint density at radius 2 is 1.67 bits per heavy atom. The van der Waals surface area contributed by atoms with Crippen molar-refractivity contribution in [1.29, 1.82) is 0 Å². The van der Waals surface area contributed by atoms with Gasteiger partial charge in [0.05, 0.1) is 0 Å². The molecule has 0 radical (unpaired) electrons. The minimum atomic E-state index is 0.0637. The van der Waals surface area contributed by atoms with E-state index in [0.717, 1.165) is 23.3 Å². The molecule has 0 atom stereocenters. The summed E-state index contributed by atoms with van der Waals surface area (Å²) < 4.78 is 0. The Balaban J connectivity index is 1.44. The van der Waals surface area contributed by atoms with Crippen LogP contribution in [0.1, 0.15) is 44.1 Å². The van der Waals surface area contributed by atoms with E-state index >= 15 is 0 Å². The van der Waals surface area contributed by atoms with E-state index in [9.17, 15) is 4.79 Å². The second kappa shape index (κ2) is 4.97. The van der Waals surface area contributed by atoms with Crippen LogP contribution in [0.15, 0.2) is 30.6 Å². The van der Waals surface area contributed by atoms with E-state index in [4.69, 9.17) is 0 Å². The van der Waals surface area contributed by atoms with Gasteiger partial charge in [0.15, 0.2) is 0 Å². The lowest BCUT2D eigenvalue weighted by Crippen LogP contribution is -2.59. The minimum Gasteiger partial charge on any atom is -0.347 e. The van der Waals surface area contributed by atoms with Gasteiger partial charge in [-0.25, -0.2) is 0 Å². The predicted molar refractivity (Wildman–Crippen MR) is 82.3 cm³/mol. The van der Waals surface area contributed by atoms with Gasteiger partial charge in [-0.15, -0.1) is 0 Å². The molecule has 4 bridgehead atoms. The van der Waals surface area contributed by atoms with Crippen LogP contribution in [0.4, 0.5) is 0 Å². The number of carbonyl (C=O) groups is 1. The molecule has 4 fully saturated rings. The number of amides is 1. The molecule has 21 heavy (non-hydrogen) atoms. The van der Waals surface area contributed by atoms with Crippen molar-refractivity contribution in [3.63, 3.8) is 0 Å². The maximum atomic E-state index is 12.3. The van der Waals surface area contributed by atoms with Crippen molar-refractivity contribution < 1.29 is 4.79 Å². The first-order chi connectivity index (χ1) is 10.2. The average molecular weight is 282 g/mol. The molecule has 4 saturated carbocycles. The van der Waals surface area contributed by atoms with Gasteiger partial charge in [-0.1, -0.05) is 0 Å². The number of nitrogens with one attached hydrogen (secondary N) is 1. The van der Waals surface area contributed by atoms with Crippen molar-refractivity contribution >= 4 is 12.0 Å². The summed E-state index contributed by atoms with van der Waals surface area (Å²) in [5.41, 5.74) is 1.12. The number of rotatable bonds is 3. The highest BCUT2D eigenvalue weighted by atomic mass is 16.1. The largest absolute Gasteiger partial charge is 0.347 e. The summed E-state index contributed by atoms with van der Waals surface area (Å²) >= 11 is 0. The van der Waals surface area contributed by atoms with E-state index in [-0.39, 0.29) is 11.4 Å². The fraction of sp³-hybridized carbons (Fsp3) is 0.556. The third-order valence-electron chi connectivity index (χ3n) is 5.56. The topological polar surface area (TPSA) is 42.0 Å². The number of aromatic nitrogens is 1. The first-order valence-electron chi connectivity index (χ1n) is 8.11. The molecule has 1 N–H and O–H groups in total. The van der Waals surface area contributed by atoms with Crippen LogP contribution in [0.2, 0.25) is 0 Å². The maximum absolute atomic E-state index is 12.3. The van der Waals surface area contributed by atoms with Crippen LogP contribution in [0.3, 0.4) is 0 Å². The molecule has 1 aromatic heterocycles. The Morgan fingerprint density at radius 3 is 2.24 bits per heavy atom. The van der Waals surface area contributed by atoms with Gasteiger partial charge < -0.3 is 5.32 Å². The van der Waals surface area contributed by atoms with Gasteiger partial charge in [0.25, 0.3) is 0 Å². The molecule has 110 valence electrons. The summed E-state index contributed by atoms with van der Waals surface area (Å²) in [6, 6.07) is 3.82. The lowest BCUT2D eigenvalue weighted by atomic mass is 9.53. The van der Waals surface area contributed by atoms with Crippen molar-refractivity contribution in [3.8, 4) is 0 Å². The molecule has 3 heteroatoms. The highest BCUT2D eigenvalue weighted by Crippen LogP contribution is 2.55. The molecule has 3 nitrogen and oxygen atoms in total. The summed E-state index contributed by atoms with van der Waals surface area (Å²) in [5, 5.41) is 3.35. The SMILES string of the molecule is O=C(/C=C/c1ccncc1)NC12CC3CC(CC(C3)C1)C2. The van der Waals surface area contributed by atoms with Crippen LogP contribution < -0.4 is 5.32 Å². The quantitative estimate of drug-likeness (QED) is 0.865. The van der Waals surface area contributed by atoms with Crippen molar-refractivity contribution in [2.75, 3.05) is 0 Å². The van der Waals surface area contributed by atoms with E-state index in [1.807, 2.05) is 18.2 Å². The Bertz CT molecular complexity index is 529. The average Bonchev–Trinajstić information content (AvgIpc) is 2.44. The summed E-state index contributed by atoms with van der Waals surface area (Å²) in [5.74, 6) is 2.65. The highest BCUT2D eigenvalue weighted by molar-refractivity contribution is 5.92. The number of carbonyl (C=O) groups excluding carboxylic acids is 1. The summed E-state index contributed by atoms with van der Waals surface area (Å²) in [6.07, 6.45) is 14.9. The van der Waals surface area contributed by atoms with E-state index in [2.05, 4.69) is 10.3 Å². The third kappa shape index (κ3) is 2.61. The lowest BCUT2D eigenvalue weighted by Gasteiger charge is -2.56. The first kappa shape index (κ1) is 13.1. The minimum absolute atomic E-state index is 0.0637. The van der Waals surface area contributed by atoms with E-state index < -0.39 is 0 Å². The second-order valence-electron chi connectivity index (χ2n) is 7.30. The smallest absolute Gasteiger partial charge is 0.244 e. The molecule has 0 aliphatic heterocycles. The summed E-state index contributed by atoms with van der Waals surface area (Å²) in [4.78, 5) is 16.3. The van der Waals surface area contributed by atoms with E-state index in [0.29, 0.717) is 0 Å². The van der Waals surface area contributed by atoms with Gasteiger partial charge in [-0.2, -0.15) is 0 Å². The second-order valence-corrected chi connectivity index (χ2v) is 7.30. The zero-order valence-electron chi connectivity index (χ0n) is 12.3. The predicted octanol–water partition coefficient (Wildman–Crippen LogP) is 3.18. The molecule has 4 aliphatic rings. The number of hydrogen-bond donors (Lipinski definition) is 1. The van der Waals surface area contributed by atoms with E-state index in [1.54, 1.807) is 18.5 Å². The molecule has 1 aromatic rings. The highest BCUT2D eigenvalue weighted by Gasteiger charge is 2.51. The maximum Gasteiger partial charge on any atom is 0.244 e. The number of hydrogen-bond acceptors (Lipinski definition) is 2. The van der Waals surface area contributed by atoms with Gasteiger partial charge in [-0.05, 0) is 80.1 Å². The van der Waals surface area contributed by atoms with Crippen LogP contribution in [-0.4, -0.2) is 16.4 Å². The zero-order valence-corrected chi connectivity index (χ0v) is 12.3. The van der Waals surface area contributed by atoms with Crippen LogP contribution in [0, 0.1) is 17.8 Å². The first-order valence-corrected chi connectivity index (χ1v) is 8.11. The van der Waals surface area contributed by atoms with Gasteiger partial charge in [0, 0.05) is 24.0 Å². The van der Waals surface area contributed by atoms with Crippen molar-refractivity contribution in [3.05, 3.63) is 36.2 Å². The third-order valence-corrected chi connectivity index (χ3v) is 5.56. The Hall–Kier alpha value is -1.64. The van der Waals surface area contributed by atoms with Crippen LogP contribution in [0.25, 0.3) is 6.08 Å². The zero-order chi connectivity index (χ0) is 14.3. The van der Waals surface area contributed by atoms with Crippen LogP contribution in [-0.2, 0) is 4.79 Å². The molecular weight excluding hydrogens is 260 g/mol.